The Kier molecular flexibility index (Phi) is 12.2. The highest BCUT2D eigenvalue weighted by Crippen LogP contribution is 2.65. The molecule has 0 aromatic heterocycles. The molecule has 0 aliphatic heterocycles. The minimum Gasteiger partial charge on any atom is -0.493 e. The second kappa shape index (κ2) is 14.8. The van der Waals surface area contributed by atoms with E-state index in [0.29, 0.717) is 43.6 Å². The summed E-state index contributed by atoms with van der Waals surface area (Å²) in [6, 6.07) is 5.88. The maximum atomic E-state index is 13.6. The number of rotatable bonds is 17. The van der Waals surface area contributed by atoms with Crippen LogP contribution < -0.4 is 20.5 Å². The summed E-state index contributed by atoms with van der Waals surface area (Å²) in [6.45, 7) is 16.9. The van der Waals surface area contributed by atoms with Crippen LogP contribution in [0.4, 0.5) is 0 Å². The molecule has 7 nitrogen and oxygen atoms in total. The average Bonchev–Trinajstić information content (AvgIpc) is 3.27. The Bertz CT molecular complexity index is 1010. The van der Waals surface area contributed by atoms with Crippen LogP contribution in [0.3, 0.4) is 0 Å². The Morgan fingerprint density at radius 1 is 1.07 bits per heavy atom. The zero-order valence-electron chi connectivity index (χ0n) is 27.9. The van der Waals surface area contributed by atoms with Crippen molar-refractivity contribution < 1.29 is 24.1 Å². The molecule has 3 rings (SSSR count). The summed E-state index contributed by atoms with van der Waals surface area (Å²) in [5.74, 6) is 2.68. The van der Waals surface area contributed by atoms with Gasteiger partial charge in [-0.25, -0.2) is 0 Å². The maximum Gasteiger partial charge on any atom is 0.223 e. The van der Waals surface area contributed by atoms with Gasteiger partial charge >= 0.3 is 0 Å². The SMILES string of the molecule is COCCCOc1cc(C[C@@H](C[C@H](N)[C@@H](O)C[C@H](C(=O)NC2CC3CCC2(C)C3(C)C)C(C)C)C(C)C)ccc1OC. The lowest BCUT2D eigenvalue weighted by Crippen LogP contribution is -2.50. The fourth-order valence-electron chi connectivity index (χ4n) is 7.56. The Balaban J connectivity index is 1.61. The fraction of sp³-hybridized carbons (Fsp3) is 0.800. The van der Waals surface area contributed by atoms with Gasteiger partial charge in [0.1, 0.15) is 0 Å². The van der Waals surface area contributed by atoms with E-state index in [-0.39, 0.29) is 40.5 Å². The largest absolute Gasteiger partial charge is 0.493 e. The molecule has 240 valence electrons. The molecule has 2 fully saturated rings. The highest BCUT2D eigenvalue weighted by atomic mass is 16.5. The molecule has 1 aromatic carbocycles. The van der Waals surface area contributed by atoms with Crippen LogP contribution in [0.1, 0.15) is 92.6 Å². The Labute approximate surface area is 255 Å². The molecule has 0 heterocycles. The highest BCUT2D eigenvalue weighted by Gasteiger charge is 2.61. The number of hydrogen-bond donors (Lipinski definition) is 3. The van der Waals surface area contributed by atoms with Crippen LogP contribution in [0, 0.1) is 40.4 Å². The molecule has 2 saturated carbocycles. The van der Waals surface area contributed by atoms with E-state index in [9.17, 15) is 9.90 Å². The van der Waals surface area contributed by atoms with Crippen LogP contribution in [-0.4, -0.2) is 56.6 Å². The van der Waals surface area contributed by atoms with Gasteiger partial charge in [-0.3, -0.25) is 4.79 Å². The number of ether oxygens (including phenoxy) is 3. The van der Waals surface area contributed by atoms with Crippen molar-refractivity contribution in [2.45, 2.75) is 112 Å². The third kappa shape index (κ3) is 7.81. The van der Waals surface area contributed by atoms with Gasteiger partial charge in [0.15, 0.2) is 11.5 Å². The first-order valence-electron chi connectivity index (χ1n) is 16.3. The summed E-state index contributed by atoms with van der Waals surface area (Å²) in [4.78, 5) is 13.6. The fourth-order valence-corrected chi connectivity index (χ4v) is 7.56. The molecule has 0 saturated heterocycles. The van der Waals surface area contributed by atoms with Crippen molar-refractivity contribution in [3.05, 3.63) is 23.8 Å². The summed E-state index contributed by atoms with van der Waals surface area (Å²) >= 11 is 0. The van der Waals surface area contributed by atoms with Gasteiger partial charge in [0, 0.05) is 38.1 Å². The maximum absolute atomic E-state index is 13.6. The third-order valence-electron chi connectivity index (χ3n) is 11.2. The first kappa shape index (κ1) is 34.7. The van der Waals surface area contributed by atoms with Crippen LogP contribution in [0.25, 0.3) is 0 Å². The molecule has 4 N–H and O–H groups in total. The number of aliphatic hydroxyl groups excluding tert-OH is 1. The minimum atomic E-state index is -0.744. The van der Waals surface area contributed by atoms with Crippen molar-refractivity contribution in [2.24, 2.45) is 46.2 Å². The van der Waals surface area contributed by atoms with E-state index in [0.717, 1.165) is 30.6 Å². The van der Waals surface area contributed by atoms with Crippen LogP contribution in [0.15, 0.2) is 18.2 Å². The topological polar surface area (TPSA) is 103 Å². The van der Waals surface area contributed by atoms with Crippen LogP contribution >= 0.6 is 0 Å². The third-order valence-corrected chi connectivity index (χ3v) is 11.2. The molecule has 2 bridgehead atoms. The van der Waals surface area contributed by atoms with Crippen molar-refractivity contribution in [2.75, 3.05) is 27.4 Å². The first-order chi connectivity index (χ1) is 19.7. The quantitative estimate of drug-likeness (QED) is 0.193. The van der Waals surface area contributed by atoms with Gasteiger partial charge in [-0.05, 0) is 90.7 Å². The molecule has 7 atom stereocenters. The molecule has 0 spiro atoms. The van der Waals surface area contributed by atoms with Crippen LogP contribution in [0.2, 0.25) is 0 Å². The number of hydrogen-bond acceptors (Lipinski definition) is 6. The molecule has 2 aliphatic rings. The zero-order chi connectivity index (χ0) is 31.2. The number of fused-ring (bicyclic) bond motifs is 2. The van der Waals surface area contributed by atoms with Crippen molar-refractivity contribution in [1.82, 2.24) is 5.32 Å². The molecule has 42 heavy (non-hydrogen) atoms. The molecule has 0 radical (unpaired) electrons. The van der Waals surface area contributed by atoms with E-state index in [2.05, 4.69) is 65.9 Å². The molecule has 1 aromatic rings. The lowest BCUT2D eigenvalue weighted by Gasteiger charge is -2.40. The molecular weight excluding hydrogens is 528 g/mol. The second-order valence-corrected chi connectivity index (χ2v) is 14.6. The molecule has 3 unspecified atom stereocenters. The highest BCUT2D eigenvalue weighted by molar-refractivity contribution is 5.79. The summed E-state index contributed by atoms with van der Waals surface area (Å²) in [7, 11) is 3.34. The standard InChI is InChI=1S/C35H60N2O5/c1-22(2)25(17-24-11-12-30(41-9)31(18-24)42-16-10-15-40-8)19-28(36)29(38)21-27(23(3)4)33(39)37-32-20-26-13-14-35(32,7)34(26,5)6/h11-12,18,22-23,25-29,32,38H,10,13-17,19-21,36H2,1-9H3,(H,37,39)/t25-,26?,27-,28-,29-,32?,35?/m0/s1. The molecule has 1 amide bonds. The van der Waals surface area contributed by atoms with E-state index in [1.54, 1.807) is 14.2 Å². The molecule has 7 heteroatoms. The van der Waals surface area contributed by atoms with Gasteiger partial charge in [0.05, 0.1) is 19.8 Å². The predicted octanol–water partition coefficient (Wildman–Crippen LogP) is 6.00. The van der Waals surface area contributed by atoms with Crippen molar-refractivity contribution in [3.8, 4) is 11.5 Å². The second-order valence-electron chi connectivity index (χ2n) is 14.6. The van der Waals surface area contributed by atoms with Gasteiger partial charge in [-0.2, -0.15) is 0 Å². The van der Waals surface area contributed by atoms with Gasteiger partial charge in [0.2, 0.25) is 5.91 Å². The normalized spacial score (nSPS) is 25.8. The predicted molar refractivity (Wildman–Crippen MR) is 170 cm³/mol. The van der Waals surface area contributed by atoms with Gasteiger partial charge in [-0.1, -0.05) is 54.5 Å². The number of nitrogens with one attached hydrogen (secondary N) is 1. The smallest absolute Gasteiger partial charge is 0.223 e. The first-order valence-corrected chi connectivity index (χ1v) is 16.3. The Morgan fingerprint density at radius 2 is 1.79 bits per heavy atom. The van der Waals surface area contributed by atoms with Gasteiger partial charge < -0.3 is 30.4 Å². The van der Waals surface area contributed by atoms with Gasteiger partial charge in [-0.15, -0.1) is 0 Å². The van der Waals surface area contributed by atoms with Crippen LogP contribution in [-0.2, 0) is 16.0 Å². The van der Waals surface area contributed by atoms with E-state index in [4.69, 9.17) is 19.9 Å². The monoisotopic (exact) mass is 588 g/mol. The number of aliphatic hydroxyl groups is 1. The Morgan fingerprint density at radius 3 is 2.33 bits per heavy atom. The number of carbonyl (C=O) groups excluding carboxylic acids is 1. The average molecular weight is 589 g/mol. The van der Waals surface area contributed by atoms with Crippen molar-refractivity contribution in [1.29, 1.82) is 0 Å². The number of amides is 1. The summed E-state index contributed by atoms with van der Waals surface area (Å²) < 4.78 is 16.6. The number of carbonyl (C=O) groups is 1. The van der Waals surface area contributed by atoms with Crippen LogP contribution in [0.5, 0.6) is 11.5 Å². The van der Waals surface area contributed by atoms with E-state index < -0.39 is 12.1 Å². The minimum absolute atomic E-state index is 0.0718. The van der Waals surface area contributed by atoms with Crippen molar-refractivity contribution in [3.63, 3.8) is 0 Å². The lowest BCUT2D eigenvalue weighted by atomic mass is 9.69. The van der Waals surface area contributed by atoms with E-state index >= 15 is 0 Å². The van der Waals surface area contributed by atoms with Crippen molar-refractivity contribution >= 4 is 5.91 Å². The Hall–Kier alpha value is -1.83. The van der Waals surface area contributed by atoms with Gasteiger partial charge in [0.25, 0.3) is 0 Å². The lowest BCUT2D eigenvalue weighted by molar-refractivity contribution is -0.129. The molecular formula is C35H60N2O5. The number of benzene rings is 1. The summed E-state index contributed by atoms with van der Waals surface area (Å²) in [6.07, 6.45) is 5.43. The number of methoxy groups -OCH3 is 2. The summed E-state index contributed by atoms with van der Waals surface area (Å²) in [5, 5.41) is 14.7. The van der Waals surface area contributed by atoms with E-state index in [1.165, 1.54) is 12.8 Å². The van der Waals surface area contributed by atoms with E-state index in [1.807, 2.05) is 6.07 Å². The molecule has 2 aliphatic carbocycles. The summed E-state index contributed by atoms with van der Waals surface area (Å²) in [5.41, 5.74) is 8.18. The number of nitrogens with two attached hydrogens (primary N) is 1. The zero-order valence-corrected chi connectivity index (χ0v) is 27.9.